The Bertz CT molecular complexity index is 1240. The smallest absolute Gasteiger partial charge is 0.292 e. The number of hydrazone groups is 1. The molecule has 8 heteroatoms. The lowest BCUT2D eigenvalue weighted by atomic mass is 10.1. The van der Waals surface area contributed by atoms with Crippen LogP contribution in [-0.2, 0) is 0 Å². The van der Waals surface area contributed by atoms with Gasteiger partial charge in [-0.1, -0.05) is 29.8 Å². The van der Waals surface area contributed by atoms with Crippen LogP contribution in [0.1, 0.15) is 39.7 Å². The van der Waals surface area contributed by atoms with Gasteiger partial charge in [0.1, 0.15) is 17.4 Å². The van der Waals surface area contributed by atoms with E-state index in [4.69, 9.17) is 4.74 Å². The molecule has 0 atom stereocenters. The minimum atomic E-state index is -0.627. The van der Waals surface area contributed by atoms with Gasteiger partial charge in [-0.25, -0.2) is 5.43 Å². The Morgan fingerprint density at radius 2 is 2.00 bits per heavy atom. The van der Waals surface area contributed by atoms with E-state index in [0.717, 1.165) is 15.8 Å². The molecule has 0 fully saturated rings. The summed E-state index contributed by atoms with van der Waals surface area (Å²) in [6, 6.07) is 16.1. The Hall–Kier alpha value is -4.25. The van der Waals surface area contributed by atoms with Crippen molar-refractivity contribution in [3.05, 3.63) is 86.8 Å². The summed E-state index contributed by atoms with van der Waals surface area (Å²) in [5.74, 6) is 0.00737. The highest BCUT2D eigenvalue weighted by atomic mass is 16.5. The SMILES string of the molecule is CCOc1ccc(-n2nc(C(=O)N/N=C/c3cccc(C)c3)c(C)c(C#N)c2=O)cc1. The molecule has 1 amide bonds. The van der Waals surface area contributed by atoms with E-state index in [1.165, 1.54) is 13.1 Å². The summed E-state index contributed by atoms with van der Waals surface area (Å²) >= 11 is 0. The molecular formula is C23H21N5O3. The minimum absolute atomic E-state index is 0.0635. The number of nitriles is 1. The van der Waals surface area contributed by atoms with Gasteiger partial charge in [-0.05, 0) is 50.6 Å². The maximum Gasteiger partial charge on any atom is 0.292 e. The van der Waals surface area contributed by atoms with Crippen LogP contribution in [0.15, 0.2) is 58.4 Å². The second-order valence-corrected chi connectivity index (χ2v) is 6.72. The predicted octanol–water partition coefficient (Wildman–Crippen LogP) is 2.88. The van der Waals surface area contributed by atoms with Crippen molar-refractivity contribution < 1.29 is 9.53 Å². The van der Waals surface area contributed by atoms with E-state index in [1.807, 2.05) is 44.2 Å². The first-order valence-corrected chi connectivity index (χ1v) is 9.62. The molecule has 1 N–H and O–H groups in total. The zero-order valence-corrected chi connectivity index (χ0v) is 17.4. The van der Waals surface area contributed by atoms with E-state index < -0.39 is 11.5 Å². The second kappa shape index (κ2) is 9.50. The standard InChI is InChI=1S/C23H21N5O3/c1-4-31-19-10-8-18(9-11-19)28-23(30)20(13-24)16(3)21(27-28)22(29)26-25-14-17-7-5-6-15(2)12-17/h5-12,14H,4H2,1-3H3,(H,26,29)/b25-14+. The fourth-order valence-electron chi connectivity index (χ4n) is 2.95. The van der Waals surface area contributed by atoms with Crippen molar-refractivity contribution in [2.45, 2.75) is 20.8 Å². The average Bonchev–Trinajstić information content (AvgIpc) is 2.75. The number of hydrogen-bond donors (Lipinski definition) is 1. The van der Waals surface area contributed by atoms with E-state index in [0.29, 0.717) is 18.0 Å². The van der Waals surface area contributed by atoms with Gasteiger partial charge in [-0.2, -0.15) is 20.1 Å². The number of aromatic nitrogens is 2. The van der Waals surface area contributed by atoms with E-state index in [1.54, 1.807) is 24.3 Å². The van der Waals surface area contributed by atoms with Gasteiger partial charge in [0.2, 0.25) is 0 Å². The molecule has 1 aromatic heterocycles. The van der Waals surface area contributed by atoms with E-state index in [9.17, 15) is 14.9 Å². The molecule has 0 aliphatic rings. The molecule has 0 aliphatic heterocycles. The number of nitrogens with zero attached hydrogens (tertiary/aromatic N) is 4. The highest BCUT2D eigenvalue weighted by molar-refractivity contribution is 5.94. The molecule has 0 unspecified atom stereocenters. The number of nitrogens with one attached hydrogen (secondary N) is 1. The molecule has 0 radical (unpaired) electrons. The van der Waals surface area contributed by atoms with Crippen LogP contribution >= 0.6 is 0 Å². The zero-order chi connectivity index (χ0) is 22.4. The van der Waals surface area contributed by atoms with E-state index in [2.05, 4.69) is 15.6 Å². The number of hydrogen-bond acceptors (Lipinski definition) is 6. The number of amides is 1. The Morgan fingerprint density at radius 1 is 1.26 bits per heavy atom. The van der Waals surface area contributed by atoms with Crippen molar-refractivity contribution in [3.63, 3.8) is 0 Å². The van der Waals surface area contributed by atoms with Gasteiger partial charge < -0.3 is 4.74 Å². The fourth-order valence-corrected chi connectivity index (χ4v) is 2.95. The van der Waals surface area contributed by atoms with Crippen LogP contribution < -0.4 is 15.7 Å². The van der Waals surface area contributed by atoms with Gasteiger partial charge in [0.05, 0.1) is 18.5 Å². The Labute approximate surface area is 179 Å². The first-order chi connectivity index (χ1) is 14.9. The molecule has 0 aliphatic carbocycles. The maximum atomic E-state index is 12.7. The summed E-state index contributed by atoms with van der Waals surface area (Å²) in [5, 5.41) is 17.6. The van der Waals surface area contributed by atoms with Crippen molar-refractivity contribution in [3.8, 4) is 17.5 Å². The molecule has 0 bridgehead atoms. The molecule has 3 rings (SSSR count). The lowest BCUT2D eigenvalue weighted by Gasteiger charge is -2.11. The normalized spacial score (nSPS) is 10.6. The lowest BCUT2D eigenvalue weighted by Crippen LogP contribution is -2.31. The van der Waals surface area contributed by atoms with Crippen molar-refractivity contribution >= 4 is 12.1 Å². The molecule has 2 aromatic carbocycles. The van der Waals surface area contributed by atoms with Crippen LogP contribution in [0, 0.1) is 25.2 Å². The maximum absolute atomic E-state index is 12.7. The van der Waals surface area contributed by atoms with E-state index >= 15 is 0 Å². The van der Waals surface area contributed by atoms with Crippen molar-refractivity contribution in [2.75, 3.05) is 6.61 Å². The van der Waals surface area contributed by atoms with Gasteiger partial charge in [-0.3, -0.25) is 9.59 Å². The Morgan fingerprint density at radius 3 is 2.65 bits per heavy atom. The highest BCUT2D eigenvalue weighted by Crippen LogP contribution is 2.15. The molecular weight excluding hydrogens is 394 g/mol. The van der Waals surface area contributed by atoms with E-state index in [-0.39, 0.29) is 16.8 Å². The Balaban J connectivity index is 1.94. The average molecular weight is 415 g/mol. The highest BCUT2D eigenvalue weighted by Gasteiger charge is 2.20. The third-order valence-electron chi connectivity index (χ3n) is 4.48. The summed E-state index contributed by atoms with van der Waals surface area (Å²) in [6.45, 7) is 5.84. The monoisotopic (exact) mass is 415 g/mol. The number of aryl methyl sites for hydroxylation is 1. The van der Waals surface area contributed by atoms with Crippen LogP contribution in [0.3, 0.4) is 0 Å². The van der Waals surface area contributed by atoms with Gasteiger partial charge in [0.25, 0.3) is 11.5 Å². The number of carbonyl (C=O) groups is 1. The van der Waals surface area contributed by atoms with Crippen LogP contribution in [0.4, 0.5) is 0 Å². The second-order valence-electron chi connectivity index (χ2n) is 6.72. The summed E-state index contributed by atoms with van der Waals surface area (Å²) in [7, 11) is 0. The summed E-state index contributed by atoms with van der Waals surface area (Å²) in [4.78, 5) is 25.4. The molecule has 0 saturated heterocycles. The zero-order valence-electron chi connectivity index (χ0n) is 17.4. The lowest BCUT2D eigenvalue weighted by molar-refractivity contribution is 0.0947. The van der Waals surface area contributed by atoms with Crippen molar-refractivity contribution in [1.82, 2.24) is 15.2 Å². The van der Waals surface area contributed by atoms with Gasteiger partial charge in [0.15, 0.2) is 5.69 Å². The Kier molecular flexibility index (Phi) is 6.58. The quantitative estimate of drug-likeness (QED) is 0.492. The first kappa shape index (κ1) is 21.5. The number of benzene rings is 2. The molecule has 3 aromatic rings. The summed E-state index contributed by atoms with van der Waals surface area (Å²) < 4.78 is 6.43. The fraction of sp³-hybridized carbons (Fsp3) is 0.174. The molecule has 0 saturated carbocycles. The molecule has 8 nitrogen and oxygen atoms in total. The predicted molar refractivity (Wildman–Crippen MR) is 117 cm³/mol. The molecule has 156 valence electrons. The molecule has 0 spiro atoms. The third kappa shape index (κ3) is 4.85. The largest absolute Gasteiger partial charge is 0.494 e. The molecule has 1 heterocycles. The van der Waals surface area contributed by atoms with Gasteiger partial charge >= 0.3 is 0 Å². The number of carbonyl (C=O) groups excluding carboxylic acids is 1. The van der Waals surface area contributed by atoms with Crippen LogP contribution in [0.2, 0.25) is 0 Å². The van der Waals surface area contributed by atoms with Crippen molar-refractivity contribution in [2.24, 2.45) is 5.10 Å². The van der Waals surface area contributed by atoms with Crippen molar-refractivity contribution in [1.29, 1.82) is 5.26 Å². The first-order valence-electron chi connectivity index (χ1n) is 9.62. The molecule has 31 heavy (non-hydrogen) atoms. The van der Waals surface area contributed by atoms with Gasteiger partial charge in [-0.15, -0.1) is 0 Å². The van der Waals surface area contributed by atoms with Crippen LogP contribution in [0.5, 0.6) is 5.75 Å². The number of ether oxygens (including phenoxy) is 1. The third-order valence-corrected chi connectivity index (χ3v) is 4.48. The van der Waals surface area contributed by atoms with Gasteiger partial charge in [0, 0.05) is 5.56 Å². The summed E-state index contributed by atoms with van der Waals surface area (Å²) in [6.07, 6.45) is 1.51. The van der Waals surface area contributed by atoms with Crippen LogP contribution in [-0.4, -0.2) is 28.5 Å². The number of rotatable bonds is 6. The van der Waals surface area contributed by atoms with Crippen LogP contribution in [0.25, 0.3) is 5.69 Å². The topological polar surface area (TPSA) is 109 Å². The summed E-state index contributed by atoms with van der Waals surface area (Å²) in [5.41, 5.74) is 4.06. The minimum Gasteiger partial charge on any atom is -0.494 e.